The average molecular weight is 253 g/mol. The Morgan fingerprint density at radius 1 is 1.19 bits per heavy atom. The minimum atomic E-state index is -3.67. The maximum absolute atomic E-state index is 11.8. The van der Waals surface area contributed by atoms with Crippen LogP contribution in [-0.2, 0) is 23.0 Å². The lowest BCUT2D eigenvalue weighted by molar-refractivity contribution is -0.136. The van der Waals surface area contributed by atoms with Gasteiger partial charge in [-0.05, 0) is 13.8 Å². The molecule has 0 atom stereocenters. The highest BCUT2D eigenvalue weighted by atomic mass is 31.2. The topological polar surface area (TPSA) is 73.9 Å². The molecule has 6 nitrogen and oxygen atoms in total. The SMILES string of the molecule is CCOP(=O)(OCC)ONC(=O)C(C)(C)C. The number of carbonyl (C=O) groups excluding carboxylic acids is 1. The van der Waals surface area contributed by atoms with Crippen LogP contribution in [0.25, 0.3) is 0 Å². The van der Waals surface area contributed by atoms with E-state index in [4.69, 9.17) is 13.7 Å². The van der Waals surface area contributed by atoms with Gasteiger partial charge in [-0.15, -0.1) is 0 Å². The second kappa shape index (κ2) is 6.35. The molecule has 7 heteroatoms. The van der Waals surface area contributed by atoms with E-state index in [1.54, 1.807) is 34.6 Å². The Morgan fingerprint density at radius 2 is 1.62 bits per heavy atom. The van der Waals surface area contributed by atoms with E-state index in [1.165, 1.54) is 0 Å². The molecule has 0 aromatic heterocycles. The Kier molecular flexibility index (Phi) is 6.18. The van der Waals surface area contributed by atoms with Crippen molar-refractivity contribution in [3.63, 3.8) is 0 Å². The summed E-state index contributed by atoms with van der Waals surface area (Å²) in [5.41, 5.74) is 1.45. The molecule has 0 aliphatic rings. The zero-order chi connectivity index (χ0) is 12.8. The Bertz CT molecular complexity index is 264. The maximum Gasteiger partial charge on any atom is 0.496 e. The molecular weight excluding hydrogens is 233 g/mol. The third kappa shape index (κ3) is 5.61. The Morgan fingerprint density at radius 3 is 1.94 bits per heavy atom. The van der Waals surface area contributed by atoms with Gasteiger partial charge in [0.1, 0.15) is 0 Å². The van der Waals surface area contributed by atoms with Gasteiger partial charge in [-0.3, -0.25) is 13.8 Å². The summed E-state index contributed by atoms with van der Waals surface area (Å²) < 4.78 is 26.1. The number of rotatable bonds is 6. The van der Waals surface area contributed by atoms with Gasteiger partial charge in [0.15, 0.2) is 0 Å². The van der Waals surface area contributed by atoms with Crippen LogP contribution in [-0.4, -0.2) is 19.1 Å². The van der Waals surface area contributed by atoms with Crippen molar-refractivity contribution in [2.75, 3.05) is 13.2 Å². The van der Waals surface area contributed by atoms with Crippen molar-refractivity contribution in [2.24, 2.45) is 5.41 Å². The molecule has 0 aromatic carbocycles. The van der Waals surface area contributed by atoms with Crippen LogP contribution in [0, 0.1) is 5.41 Å². The lowest BCUT2D eigenvalue weighted by atomic mass is 9.96. The van der Waals surface area contributed by atoms with Gasteiger partial charge in [-0.2, -0.15) is 4.62 Å². The zero-order valence-electron chi connectivity index (χ0n) is 10.4. The van der Waals surface area contributed by atoms with E-state index in [0.29, 0.717) is 0 Å². The first-order valence-corrected chi connectivity index (χ1v) is 6.59. The molecule has 16 heavy (non-hydrogen) atoms. The van der Waals surface area contributed by atoms with Gasteiger partial charge < -0.3 is 0 Å². The van der Waals surface area contributed by atoms with E-state index in [9.17, 15) is 9.36 Å². The fourth-order valence-corrected chi connectivity index (χ4v) is 1.66. The second-order valence-corrected chi connectivity index (χ2v) is 5.65. The van der Waals surface area contributed by atoms with Crippen LogP contribution < -0.4 is 5.48 Å². The molecule has 0 saturated heterocycles. The smallest absolute Gasteiger partial charge is 0.286 e. The lowest BCUT2D eigenvalue weighted by Gasteiger charge is -2.20. The molecule has 1 N–H and O–H groups in total. The molecule has 96 valence electrons. The molecule has 0 rings (SSSR count). The summed E-state index contributed by atoms with van der Waals surface area (Å²) in [4.78, 5) is 11.5. The molecule has 0 heterocycles. The van der Waals surface area contributed by atoms with Crippen molar-refractivity contribution in [1.82, 2.24) is 5.48 Å². The van der Waals surface area contributed by atoms with Gasteiger partial charge in [-0.1, -0.05) is 20.8 Å². The van der Waals surface area contributed by atoms with E-state index < -0.39 is 19.1 Å². The number of amides is 1. The van der Waals surface area contributed by atoms with Crippen molar-refractivity contribution in [3.05, 3.63) is 0 Å². The van der Waals surface area contributed by atoms with Crippen molar-refractivity contribution >= 4 is 13.7 Å². The summed E-state index contributed by atoms with van der Waals surface area (Å²) in [6, 6.07) is 0. The van der Waals surface area contributed by atoms with Gasteiger partial charge in [0.25, 0.3) is 0 Å². The number of hydrogen-bond acceptors (Lipinski definition) is 5. The van der Waals surface area contributed by atoms with Crippen molar-refractivity contribution < 1.29 is 23.0 Å². The molecule has 0 aliphatic carbocycles. The summed E-state index contributed by atoms with van der Waals surface area (Å²) in [6.45, 7) is 8.76. The Hall–Kier alpha value is -0.420. The first-order valence-electron chi connectivity index (χ1n) is 5.13. The van der Waals surface area contributed by atoms with Crippen LogP contribution in [0.4, 0.5) is 0 Å². The highest BCUT2D eigenvalue weighted by Gasteiger charge is 2.30. The van der Waals surface area contributed by atoms with Gasteiger partial charge in [0, 0.05) is 5.41 Å². The van der Waals surface area contributed by atoms with Crippen LogP contribution in [0.1, 0.15) is 34.6 Å². The predicted octanol–water partition coefficient (Wildman–Crippen LogP) is 2.26. The van der Waals surface area contributed by atoms with Crippen molar-refractivity contribution in [2.45, 2.75) is 34.6 Å². The molecular formula is C9H20NO5P. The minimum Gasteiger partial charge on any atom is -0.286 e. The number of hydroxylamine groups is 1. The maximum atomic E-state index is 11.8. The standard InChI is InChI=1S/C9H20NO5P/c1-6-13-16(12,14-7-2)15-10-8(11)9(3,4)5/h6-7H2,1-5H3,(H,10,11). The number of nitrogens with one attached hydrogen (secondary N) is 1. The molecule has 0 bridgehead atoms. The van der Waals surface area contributed by atoms with Gasteiger partial charge >= 0.3 is 7.82 Å². The fourth-order valence-electron chi connectivity index (χ4n) is 0.657. The number of hydrogen-bond donors (Lipinski definition) is 1. The zero-order valence-corrected chi connectivity index (χ0v) is 11.3. The van der Waals surface area contributed by atoms with Gasteiger partial charge in [-0.25, -0.2) is 10.0 Å². The number of carbonyl (C=O) groups is 1. The second-order valence-electron chi connectivity index (χ2n) is 4.06. The predicted molar refractivity (Wildman–Crippen MR) is 59.5 cm³/mol. The molecule has 0 radical (unpaired) electrons. The molecule has 0 aromatic rings. The Labute approximate surface area is 96.2 Å². The number of phosphoric acid groups is 1. The van der Waals surface area contributed by atoms with E-state index in [2.05, 4.69) is 5.48 Å². The normalized spacial score (nSPS) is 12.6. The van der Waals surface area contributed by atoms with Crippen LogP contribution in [0.3, 0.4) is 0 Å². The first kappa shape index (κ1) is 15.6. The quantitative estimate of drug-likeness (QED) is 0.580. The lowest BCUT2D eigenvalue weighted by Crippen LogP contribution is -2.34. The third-order valence-electron chi connectivity index (χ3n) is 1.51. The minimum absolute atomic E-state index is 0.169. The van der Waals surface area contributed by atoms with E-state index in [1.807, 2.05) is 0 Å². The van der Waals surface area contributed by atoms with Crippen LogP contribution in [0.15, 0.2) is 0 Å². The average Bonchev–Trinajstić information content (AvgIpc) is 2.13. The van der Waals surface area contributed by atoms with Crippen molar-refractivity contribution in [1.29, 1.82) is 0 Å². The molecule has 0 spiro atoms. The summed E-state index contributed by atoms with van der Waals surface area (Å²) in [5, 5.41) is 0. The van der Waals surface area contributed by atoms with Gasteiger partial charge in [0.2, 0.25) is 5.91 Å². The fraction of sp³-hybridized carbons (Fsp3) is 0.889. The van der Waals surface area contributed by atoms with E-state index in [-0.39, 0.29) is 13.2 Å². The summed E-state index contributed by atoms with van der Waals surface area (Å²) in [5.74, 6) is -0.396. The molecule has 0 unspecified atom stereocenters. The summed E-state index contributed by atoms with van der Waals surface area (Å²) in [7, 11) is -3.67. The largest absolute Gasteiger partial charge is 0.496 e. The van der Waals surface area contributed by atoms with E-state index >= 15 is 0 Å². The van der Waals surface area contributed by atoms with Crippen molar-refractivity contribution in [3.8, 4) is 0 Å². The highest BCUT2D eigenvalue weighted by Crippen LogP contribution is 2.48. The third-order valence-corrected chi connectivity index (χ3v) is 2.97. The molecule has 0 saturated carbocycles. The highest BCUT2D eigenvalue weighted by molar-refractivity contribution is 7.48. The van der Waals surface area contributed by atoms with E-state index in [0.717, 1.165) is 0 Å². The van der Waals surface area contributed by atoms with Crippen LogP contribution in [0.2, 0.25) is 0 Å². The molecule has 0 aliphatic heterocycles. The van der Waals surface area contributed by atoms with Gasteiger partial charge in [0.05, 0.1) is 13.2 Å². The summed E-state index contributed by atoms with van der Waals surface area (Å²) in [6.07, 6.45) is 0. The number of phosphoric ester groups is 1. The van der Waals surface area contributed by atoms with Crippen LogP contribution in [0.5, 0.6) is 0 Å². The first-order chi connectivity index (χ1) is 7.25. The molecule has 0 fully saturated rings. The van der Waals surface area contributed by atoms with Crippen LogP contribution >= 0.6 is 7.82 Å². The monoisotopic (exact) mass is 253 g/mol. The Balaban J connectivity index is 4.33. The summed E-state index contributed by atoms with van der Waals surface area (Å²) >= 11 is 0. The molecule has 1 amide bonds.